The summed E-state index contributed by atoms with van der Waals surface area (Å²) in [7, 11) is 0. The molecule has 0 aromatic heterocycles. The molecule has 0 aliphatic rings. The van der Waals surface area contributed by atoms with Crippen LogP contribution in [0.2, 0.25) is 0 Å². The number of carbonyl (C=O) groups is 6. The van der Waals surface area contributed by atoms with Gasteiger partial charge in [-0.3, -0.25) is 28.8 Å². The van der Waals surface area contributed by atoms with Crippen LogP contribution in [0.3, 0.4) is 0 Å². The molecule has 0 saturated heterocycles. The molecule has 0 spiro atoms. The van der Waals surface area contributed by atoms with Crippen LogP contribution < -0.4 is 16.0 Å². The molecular formula is C13H19N3O9. The Kier molecular flexibility index (Phi) is 9.92. The molecule has 0 heterocycles. The summed E-state index contributed by atoms with van der Waals surface area (Å²) in [4.78, 5) is 66.1. The number of hydrogen-bond donors (Lipinski definition) is 6. The second kappa shape index (κ2) is 11.4. The van der Waals surface area contributed by atoms with Crippen LogP contribution in [0.1, 0.15) is 25.7 Å². The van der Waals surface area contributed by atoms with Crippen molar-refractivity contribution in [3.8, 4) is 0 Å². The minimum Gasteiger partial charge on any atom is -0.481 e. The predicted octanol–water partition coefficient (Wildman–Crippen LogP) is -2.48. The standard InChI is InChI=1S/C13H19N3O9/c17-6-15-7(1-3-9(18)19)13(25)16-8(2-4-10(20)21)12(24)14-5-11(22)23/h6-8H,1-5H2,(H,14,24)(H,15,17)(H,16,25)(H,18,19)(H,20,21)(H,22,23). The van der Waals surface area contributed by atoms with E-state index in [4.69, 9.17) is 15.3 Å². The van der Waals surface area contributed by atoms with Crippen LogP contribution in [0, 0.1) is 0 Å². The van der Waals surface area contributed by atoms with Gasteiger partial charge in [0.15, 0.2) is 0 Å². The molecule has 2 unspecified atom stereocenters. The van der Waals surface area contributed by atoms with E-state index >= 15 is 0 Å². The summed E-state index contributed by atoms with van der Waals surface area (Å²) in [6, 6.07) is -2.60. The molecule has 12 nitrogen and oxygen atoms in total. The maximum atomic E-state index is 12.1. The highest BCUT2D eigenvalue weighted by Gasteiger charge is 2.26. The molecule has 0 aromatic rings. The number of amides is 3. The Morgan fingerprint density at radius 1 is 0.800 bits per heavy atom. The molecular weight excluding hydrogens is 342 g/mol. The van der Waals surface area contributed by atoms with Crippen molar-refractivity contribution in [1.29, 1.82) is 0 Å². The summed E-state index contributed by atoms with van der Waals surface area (Å²) in [6.45, 7) is -0.729. The van der Waals surface area contributed by atoms with Crippen molar-refractivity contribution in [2.24, 2.45) is 0 Å². The fourth-order valence-electron chi connectivity index (χ4n) is 1.73. The van der Waals surface area contributed by atoms with Crippen molar-refractivity contribution in [2.45, 2.75) is 37.8 Å². The van der Waals surface area contributed by atoms with Gasteiger partial charge < -0.3 is 31.3 Å². The zero-order valence-corrected chi connectivity index (χ0v) is 13.1. The minimum atomic E-state index is -1.36. The van der Waals surface area contributed by atoms with Crippen molar-refractivity contribution in [2.75, 3.05) is 6.54 Å². The SMILES string of the molecule is O=CNC(CCC(=O)O)C(=O)NC(CCC(=O)O)C(=O)NCC(=O)O. The Morgan fingerprint density at radius 2 is 1.32 bits per heavy atom. The Morgan fingerprint density at radius 3 is 1.76 bits per heavy atom. The number of carboxylic acids is 3. The maximum Gasteiger partial charge on any atom is 0.322 e. The van der Waals surface area contributed by atoms with E-state index in [1.165, 1.54) is 0 Å². The van der Waals surface area contributed by atoms with Crippen molar-refractivity contribution in [3.05, 3.63) is 0 Å². The van der Waals surface area contributed by atoms with Gasteiger partial charge in [0.25, 0.3) is 0 Å². The number of hydrogen-bond acceptors (Lipinski definition) is 6. The summed E-state index contributed by atoms with van der Waals surface area (Å²) in [5.41, 5.74) is 0. The van der Waals surface area contributed by atoms with E-state index in [0.29, 0.717) is 0 Å². The highest BCUT2D eigenvalue weighted by molar-refractivity contribution is 5.92. The first-order valence-corrected chi connectivity index (χ1v) is 7.10. The van der Waals surface area contributed by atoms with Crippen LogP contribution in [0.5, 0.6) is 0 Å². The summed E-state index contributed by atoms with van der Waals surface area (Å²) in [6.07, 6.45) is -1.29. The van der Waals surface area contributed by atoms with Crippen LogP contribution in [-0.4, -0.2) is 70.1 Å². The van der Waals surface area contributed by atoms with Crippen molar-refractivity contribution < 1.29 is 44.1 Å². The monoisotopic (exact) mass is 361 g/mol. The van der Waals surface area contributed by atoms with Crippen molar-refractivity contribution >= 4 is 36.1 Å². The highest BCUT2D eigenvalue weighted by atomic mass is 16.4. The highest BCUT2D eigenvalue weighted by Crippen LogP contribution is 2.02. The van der Waals surface area contributed by atoms with E-state index in [-0.39, 0.29) is 19.3 Å². The van der Waals surface area contributed by atoms with Gasteiger partial charge >= 0.3 is 17.9 Å². The van der Waals surface area contributed by atoms with Crippen LogP contribution in [-0.2, 0) is 28.8 Å². The summed E-state index contributed by atoms with van der Waals surface area (Å²) < 4.78 is 0. The largest absolute Gasteiger partial charge is 0.481 e. The molecule has 0 fully saturated rings. The van der Waals surface area contributed by atoms with Gasteiger partial charge in [-0.25, -0.2) is 0 Å². The van der Waals surface area contributed by atoms with E-state index in [0.717, 1.165) is 0 Å². The lowest BCUT2D eigenvalue weighted by Gasteiger charge is -2.21. The number of carboxylic acid groups (broad SMARTS) is 3. The van der Waals surface area contributed by atoms with Crippen molar-refractivity contribution in [1.82, 2.24) is 16.0 Å². The van der Waals surface area contributed by atoms with Crippen molar-refractivity contribution in [3.63, 3.8) is 0 Å². The van der Waals surface area contributed by atoms with Gasteiger partial charge in [0, 0.05) is 12.8 Å². The molecule has 140 valence electrons. The lowest BCUT2D eigenvalue weighted by atomic mass is 10.1. The molecule has 12 heteroatoms. The molecule has 25 heavy (non-hydrogen) atoms. The summed E-state index contributed by atoms with van der Waals surface area (Å²) >= 11 is 0. The zero-order chi connectivity index (χ0) is 19.4. The molecule has 0 bridgehead atoms. The molecule has 0 saturated carbocycles. The Labute approximate surface area is 141 Å². The molecule has 2 atom stereocenters. The van der Waals surface area contributed by atoms with Gasteiger partial charge in [-0.2, -0.15) is 0 Å². The second-order valence-corrected chi connectivity index (χ2v) is 4.87. The molecule has 0 rings (SSSR count). The fraction of sp³-hybridized carbons (Fsp3) is 0.538. The van der Waals surface area contributed by atoms with Gasteiger partial charge in [0.1, 0.15) is 18.6 Å². The van der Waals surface area contributed by atoms with Gasteiger partial charge in [-0.05, 0) is 12.8 Å². The molecule has 0 radical (unpaired) electrons. The quantitative estimate of drug-likeness (QED) is 0.192. The first-order valence-electron chi connectivity index (χ1n) is 7.10. The fourth-order valence-corrected chi connectivity index (χ4v) is 1.73. The van der Waals surface area contributed by atoms with Gasteiger partial charge in [-0.15, -0.1) is 0 Å². The molecule has 0 aliphatic heterocycles. The van der Waals surface area contributed by atoms with E-state index in [1.807, 2.05) is 5.32 Å². The molecule has 6 N–H and O–H groups in total. The second-order valence-electron chi connectivity index (χ2n) is 4.87. The zero-order valence-electron chi connectivity index (χ0n) is 13.1. The van der Waals surface area contributed by atoms with Crippen LogP contribution >= 0.6 is 0 Å². The average Bonchev–Trinajstić information content (AvgIpc) is 2.52. The Hall–Kier alpha value is -3.18. The van der Waals surface area contributed by atoms with E-state index in [1.54, 1.807) is 0 Å². The number of rotatable bonds is 13. The first-order chi connectivity index (χ1) is 11.7. The molecule has 3 amide bonds. The van der Waals surface area contributed by atoms with Gasteiger partial charge in [0.05, 0.1) is 0 Å². The van der Waals surface area contributed by atoms with E-state index < -0.39 is 61.2 Å². The molecule has 0 aromatic carbocycles. The summed E-state index contributed by atoms with van der Waals surface area (Å²) in [5.74, 6) is -5.58. The normalized spacial score (nSPS) is 12.3. The average molecular weight is 361 g/mol. The van der Waals surface area contributed by atoms with Gasteiger partial charge in [0.2, 0.25) is 18.2 Å². The molecule has 0 aliphatic carbocycles. The maximum absolute atomic E-state index is 12.1. The number of carbonyl (C=O) groups excluding carboxylic acids is 3. The third-order valence-corrected chi connectivity index (χ3v) is 2.93. The topological polar surface area (TPSA) is 199 Å². The van der Waals surface area contributed by atoms with E-state index in [2.05, 4.69) is 10.6 Å². The minimum absolute atomic E-state index is 0.183. The third-order valence-electron chi connectivity index (χ3n) is 2.93. The van der Waals surface area contributed by atoms with Crippen LogP contribution in [0.25, 0.3) is 0 Å². The Balaban J connectivity index is 4.96. The smallest absolute Gasteiger partial charge is 0.322 e. The number of aliphatic carboxylic acids is 3. The predicted molar refractivity (Wildman–Crippen MR) is 79.3 cm³/mol. The van der Waals surface area contributed by atoms with E-state index in [9.17, 15) is 28.8 Å². The first kappa shape index (κ1) is 21.8. The van der Waals surface area contributed by atoms with Crippen LogP contribution in [0.15, 0.2) is 0 Å². The third kappa shape index (κ3) is 10.3. The lowest BCUT2D eigenvalue weighted by Crippen LogP contribution is -2.53. The number of nitrogens with one attached hydrogen (secondary N) is 3. The van der Waals surface area contributed by atoms with Gasteiger partial charge in [-0.1, -0.05) is 0 Å². The lowest BCUT2D eigenvalue weighted by molar-refractivity contribution is -0.140. The Bertz CT molecular complexity index is 535. The van der Waals surface area contributed by atoms with Crippen LogP contribution in [0.4, 0.5) is 0 Å². The summed E-state index contributed by atoms with van der Waals surface area (Å²) in [5, 5.41) is 32.1.